The average Bonchev–Trinajstić information content (AvgIpc) is 2.87. The lowest BCUT2D eigenvalue weighted by Crippen LogP contribution is -2.51. The Kier molecular flexibility index (Phi) is 12.7. The molecule has 0 heterocycles. The molecule has 4 N–H and O–H groups in total. The molecule has 1 amide bonds. The molecular weight excluding hydrogens is 508 g/mol. The summed E-state index contributed by atoms with van der Waals surface area (Å²) in [4.78, 5) is 24.6. The highest BCUT2D eigenvalue weighted by atomic mass is 32.2. The van der Waals surface area contributed by atoms with E-state index in [1.165, 1.54) is 0 Å². The van der Waals surface area contributed by atoms with Crippen LogP contribution in [0.2, 0.25) is 0 Å². The van der Waals surface area contributed by atoms with E-state index < -0.39 is 52.0 Å². The number of carbonyl (C=O) groups excluding carboxylic acids is 1. The number of rotatable bonds is 17. The summed E-state index contributed by atoms with van der Waals surface area (Å²) in [6.07, 6.45) is -0.922. The van der Waals surface area contributed by atoms with E-state index >= 15 is 0 Å². The number of nitrogens with one attached hydrogen (secondary N) is 2. The highest BCUT2D eigenvalue weighted by Crippen LogP contribution is 2.15. The van der Waals surface area contributed by atoms with E-state index in [9.17, 15) is 28.2 Å². The van der Waals surface area contributed by atoms with Gasteiger partial charge in [-0.25, -0.2) is 8.42 Å². The Hall–Kier alpha value is -2.95. The van der Waals surface area contributed by atoms with Crippen LogP contribution in [0, 0.1) is 11.8 Å². The second-order valence-corrected chi connectivity index (χ2v) is 12.2. The van der Waals surface area contributed by atoms with Crippen molar-refractivity contribution in [3.8, 4) is 5.75 Å². The number of carbonyl (C=O) groups is 2. The molecule has 2 rings (SSSR count). The third-order valence-corrected chi connectivity index (χ3v) is 7.93. The first-order valence-corrected chi connectivity index (χ1v) is 14.6. The molecule has 0 bridgehead atoms. The molecule has 2 aromatic rings. The summed E-state index contributed by atoms with van der Waals surface area (Å²) < 4.78 is 30.5. The number of sulfone groups is 1. The van der Waals surface area contributed by atoms with E-state index in [-0.39, 0.29) is 24.6 Å². The first-order chi connectivity index (χ1) is 18.0. The molecule has 0 radical (unpaired) electrons. The fraction of sp³-hybridized carbons (Fsp3) is 0.500. The second-order valence-electron chi connectivity index (χ2n) is 9.95. The maximum atomic E-state index is 13.2. The van der Waals surface area contributed by atoms with Gasteiger partial charge >= 0.3 is 5.97 Å². The number of aliphatic hydroxyl groups excluding tert-OH is 1. The Labute approximate surface area is 225 Å². The lowest BCUT2D eigenvalue weighted by molar-refractivity contribution is -0.141. The van der Waals surface area contributed by atoms with Crippen LogP contribution in [0.1, 0.15) is 37.8 Å². The van der Waals surface area contributed by atoms with Gasteiger partial charge in [0.25, 0.3) is 0 Å². The molecule has 10 heteroatoms. The first kappa shape index (κ1) is 31.3. The molecular formula is C28H40N2O7S. The lowest BCUT2D eigenvalue weighted by atomic mass is 9.99. The highest BCUT2D eigenvalue weighted by Gasteiger charge is 2.31. The third kappa shape index (κ3) is 11.6. The Morgan fingerprint density at radius 2 is 1.71 bits per heavy atom. The fourth-order valence-corrected chi connectivity index (χ4v) is 5.86. The van der Waals surface area contributed by atoms with Crippen LogP contribution in [-0.4, -0.2) is 67.8 Å². The molecule has 0 fully saturated rings. The van der Waals surface area contributed by atoms with Crippen molar-refractivity contribution in [3.63, 3.8) is 0 Å². The van der Waals surface area contributed by atoms with Crippen LogP contribution >= 0.6 is 0 Å². The van der Waals surface area contributed by atoms with Gasteiger partial charge in [0.05, 0.1) is 43.1 Å². The molecule has 0 spiro atoms. The SMILES string of the molecule is COc1cccc(CNC[C@@H](O)[C@H](Cc2ccccc2)NC(=O)C(CC(=O)O)CS(=O)(=O)CCC(C)C)c1. The fourth-order valence-electron chi connectivity index (χ4n) is 3.98. The number of hydrogen-bond donors (Lipinski definition) is 4. The zero-order valence-corrected chi connectivity index (χ0v) is 23.1. The molecule has 0 saturated heterocycles. The van der Waals surface area contributed by atoms with Gasteiger partial charge in [0, 0.05) is 13.1 Å². The summed E-state index contributed by atoms with van der Waals surface area (Å²) >= 11 is 0. The van der Waals surface area contributed by atoms with Crippen LogP contribution in [-0.2, 0) is 32.4 Å². The number of carboxylic acids is 1. The van der Waals surface area contributed by atoms with Crippen LogP contribution in [0.15, 0.2) is 54.6 Å². The molecule has 2 aromatic carbocycles. The molecule has 210 valence electrons. The maximum absolute atomic E-state index is 13.2. The molecule has 0 saturated carbocycles. The maximum Gasteiger partial charge on any atom is 0.304 e. The van der Waals surface area contributed by atoms with Crippen molar-refractivity contribution in [3.05, 3.63) is 65.7 Å². The van der Waals surface area contributed by atoms with Crippen molar-refractivity contribution in [1.82, 2.24) is 10.6 Å². The number of carboxylic acid groups (broad SMARTS) is 1. The second kappa shape index (κ2) is 15.5. The van der Waals surface area contributed by atoms with Gasteiger partial charge < -0.3 is 25.6 Å². The van der Waals surface area contributed by atoms with Gasteiger partial charge in [0.1, 0.15) is 5.75 Å². The Morgan fingerprint density at radius 3 is 2.34 bits per heavy atom. The summed E-state index contributed by atoms with van der Waals surface area (Å²) in [5.41, 5.74) is 1.82. The summed E-state index contributed by atoms with van der Waals surface area (Å²) in [5.74, 6) is -3.02. The van der Waals surface area contributed by atoms with Crippen LogP contribution in [0.5, 0.6) is 5.75 Å². The number of amides is 1. The largest absolute Gasteiger partial charge is 0.497 e. The quantitative estimate of drug-likeness (QED) is 0.236. The topological polar surface area (TPSA) is 142 Å². The van der Waals surface area contributed by atoms with Crippen LogP contribution < -0.4 is 15.4 Å². The van der Waals surface area contributed by atoms with Gasteiger partial charge in [0.15, 0.2) is 9.84 Å². The van der Waals surface area contributed by atoms with Crippen molar-refractivity contribution in [1.29, 1.82) is 0 Å². The van der Waals surface area contributed by atoms with E-state index in [1.54, 1.807) is 7.11 Å². The van der Waals surface area contributed by atoms with E-state index in [4.69, 9.17) is 4.74 Å². The van der Waals surface area contributed by atoms with E-state index in [0.29, 0.717) is 18.7 Å². The summed E-state index contributed by atoms with van der Waals surface area (Å²) in [6, 6.07) is 16.0. The normalized spacial score (nSPS) is 14.0. The smallest absolute Gasteiger partial charge is 0.304 e. The van der Waals surface area contributed by atoms with Gasteiger partial charge in [-0.1, -0.05) is 56.3 Å². The number of methoxy groups -OCH3 is 1. The van der Waals surface area contributed by atoms with Gasteiger partial charge in [-0.3, -0.25) is 9.59 Å². The Morgan fingerprint density at radius 1 is 1.03 bits per heavy atom. The van der Waals surface area contributed by atoms with Crippen LogP contribution in [0.3, 0.4) is 0 Å². The molecule has 0 aliphatic heterocycles. The molecule has 0 aliphatic rings. The summed E-state index contributed by atoms with van der Waals surface area (Å²) in [6.45, 7) is 4.39. The highest BCUT2D eigenvalue weighted by molar-refractivity contribution is 7.91. The standard InChI is InChI=1S/C28H40N2O7S/c1-20(2)12-13-38(35,36)19-23(16-27(32)33)28(34)30-25(15-21-8-5-4-6-9-21)26(31)18-29-17-22-10-7-11-24(14-22)37-3/h4-11,14,20,23,25-26,29,31H,12-13,15-19H2,1-3H3,(H,30,34)(H,32,33)/t23?,25-,26+/m0/s1. The zero-order chi connectivity index (χ0) is 28.1. The summed E-state index contributed by atoms with van der Waals surface area (Å²) in [7, 11) is -2.06. The minimum atomic E-state index is -3.64. The Balaban J connectivity index is 2.13. The molecule has 0 aromatic heterocycles. The number of aliphatic carboxylic acids is 1. The van der Waals surface area contributed by atoms with E-state index in [1.807, 2.05) is 68.4 Å². The lowest BCUT2D eigenvalue weighted by Gasteiger charge is -2.27. The molecule has 38 heavy (non-hydrogen) atoms. The van der Waals surface area contributed by atoms with Gasteiger partial charge in [0.2, 0.25) is 5.91 Å². The van der Waals surface area contributed by atoms with Crippen LogP contribution in [0.4, 0.5) is 0 Å². The van der Waals surface area contributed by atoms with Gasteiger partial charge in [-0.15, -0.1) is 0 Å². The van der Waals surface area contributed by atoms with E-state index in [2.05, 4.69) is 10.6 Å². The molecule has 3 atom stereocenters. The number of benzene rings is 2. The van der Waals surface area contributed by atoms with Crippen molar-refractivity contribution in [2.24, 2.45) is 11.8 Å². The molecule has 1 unspecified atom stereocenters. The average molecular weight is 549 g/mol. The predicted octanol–water partition coefficient (Wildman–Crippen LogP) is 2.43. The van der Waals surface area contributed by atoms with Crippen molar-refractivity contribution in [2.45, 2.75) is 51.8 Å². The minimum Gasteiger partial charge on any atom is -0.497 e. The van der Waals surface area contributed by atoms with Crippen LogP contribution in [0.25, 0.3) is 0 Å². The Bertz CT molecular complexity index is 1120. The van der Waals surface area contributed by atoms with Gasteiger partial charge in [-0.05, 0) is 42.0 Å². The first-order valence-electron chi connectivity index (χ1n) is 12.8. The monoisotopic (exact) mass is 548 g/mol. The number of hydrogen-bond acceptors (Lipinski definition) is 7. The molecule has 9 nitrogen and oxygen atoms in total. The third-order valence-electron chi connectivity index (χ3n) is 6.16. The summed E-state index contributed by atoms with van der Waals surface area (Å²) in [5, 5.41) is 26.3. The predicted molar refractivity (Wildman–Crippen MR) is 147 cm³/mol. The van der Waals surface area contributed by atoms with Crippen molar-refractivity contribution >= 4 is 21.7 Å². The van der Waals surface area contributed by atoms with Gasteiger partial charge in [-0.2, -0.15) is 0 Å². The zero-order valence-electron chi connectivity index (χ0n) is 22.3. The number of aliphatic hydroxyl groups is 1. The van der Waals surface area contributed by atoms with Crippen molar-refractivity contribution in [2.75, 3.05) is 25.2 Å². The minimum absolute atomic E-state index is 0.113. The van der Waals surface area contributed by atoms with E-state index in [0.717, 1.165) is 11.1 Å². The molecule has 0 aliphatic carbocycles. The number of ether oxygens (including phenoxy) is 1. The van der Waals surface area contributed by atoms with Crippen molar-refractivity contribution < 1.29 is 33.0 Å².